The summed E-state index contributed by atoms with van der Waals surface area (Å²) in [5.74, 6) is 0.954. The molecule has 0 aliphatic heterocycles. The van der Waals surface area contributed by atoms with Gasteiger partial charge in [0.05, 0.1) is 12.2 Å². The van der Waals surface area contributed by atoms with Crippen molar-refractivity contribution in [3.05, 3.63) is 59.2 Å². The molecular weight excluding hydrogens is 252 g/mol. The zero-order valence-corrected chi connectivity index (χ0v) is 12.0. The lowest BCUT2D eigenvalue weighted by Gasteiger charge is -2.07. The van der Waals surface area contributed by atoms with Crippen LogP contribution in [0.2, 0.25) is 0 Å². The Hall–Kier alpha value is -2.29. The van der Waals surface area contributed by atoms with E-state index in [1.807, 2.05) is 39.0 Å². The molecule has 0 aromatic heterocycles. The third-order valence-corrected chi connectivity index (χ3v) is 2.81. The van der Waals surface area contributed by atoms with Crippen molar-refractivity contribution in [2.24, 2.45) is 0 Å². The zero-order chi connectivity index (χ0) is 14.5. The number of carbonyl (C=O) groups excluding carboxylic acids is 1. The standard InChI is InChI=1S/C17H18O3/c1-4-19-15-7-5-14(6-8-15)17(18)20-16-10-12(2)9-13(3)11-16/h5-11H,4H2,1-3H3. The van der Waals surface area contributed by atoms with Crippen LogP contribution in [0.15, 0.2) is 42.5 Å². The van der Waals surface area contributed by atoms with E-state index in [4.69, 9.17) is 9.47 Å². The third kappa shape index (κ3) is 3.60. The minimum absolute atomic E-state index is 0.363. The molecule has 0 radical (unpaired) electrons. The summed E-state index contributed by atoms with van der Waals surface area (Å²) >= 11 is 0. The van der Waals surface area contributed by atoms with Gasteiger partial charge in [-0.15, -0.1) is 0 Å². The number of rotatable bonds is 4. The Labute approximate surface area is 119 Å². The van der Waals surface area contributed by atoms with Gasteiger partial charge in [0.2, 0.25) is 0 Å². The van der Waals surface area contributed by atoms with Gasteiger partial charge < -0.3 is 9.47 Å². The number of hydrogen-bond donors (Lipinski definition) is 0. The molecule has 0 N–H and O–H groups in total. The van der Waals surface area contributed by atoms with Gasteiger partial charge in [0, 0.05) is 0 Å². The van der Waals surface area contributed by atoms with Crippen molar-refractivity contribution in [3.8, 4) is 11.5 Å². The quantitative estimate of drug-likeness (QED) is 0.624. The lowest BCUT2D eigenvalue weighted by Crippen LogP contribution is -2.08. The summed E-state index contributed by atoms with van der Waals surface area (Å²) in [5.41, 5.74) is 2.64. The summed E-state index contributed by atoms with van der Waals surface area (Å²) in [6, 6.07) is 12.7. The summed E-state index contributed by atoms with van der Waals surface area (Å²) in [4.78, 5) is 12.0. The molecule has 0 atom stereocenters. The van der Waals surface area contributed by atoms with E-state index < -0.39 is 0 Å². The predicted molar refractivity (Wildman–Crippen MR) is 78.5 cm³/mol. The van der Waals surface area contributed by atoms with Gasteiger partial charge >= 0.3 is 5.97 Å². The Morgan fingerprint density at radius 3 is 2.10 bits per heavy atom. The number of aryl methyl sites for hydroxylation is 2. The van der Waals surface area contributed by atoms with Crippen molar-refractivity contribution in [3.63, 3.8) is 0 Å². The zero-order valence-electron chi connectivity index (χ0n) is 12.0. The lowest BCUT2D eigenvalue weighted by molar-refractivity contribution is 0.0734. The molecule has 0 unspecified atom stereocenters. The van der Waals surface area contributed by atoms with E-state index in [1.165, 1.54) is 0 Å². The van der Waals surface area contributed by atoms with Crippen LogP contribution in [0.1, 0.15) is 28.4 Å². The topological polar surface area (TPSA) is 35.5 Å². The fourth-order valence-electron chi connectivity index (χ4n) is 2.01. The first-order valence-corrected chi connectivity index (χ1v) is 6.62. The number of esters is 1. The van der Waals surface area contributed by atoms with Crippen LogP contribution in [-0.4, -0.2) is 12.6 Å². The average Bonchev–Trinajstić information content (AvgIpc) is 2.38. The summed E-state index contributed by atoms with van der Waals surface area (Å²) in [6.45, 7) is 6.47. The monoisotopic (exact) mass is 270 g/mol. The predicted octanol–water partition coefficient (Wildman–Crippen LogP) is 3.92. The first-order valence-electron chi connectivity index (χ1n) is 6.62. The fraction of sp³-hybridized carbons (Fsp3) is 0.235. The van der Waals surface area contributed by atoms with Crippen molar-refractivity contribution >= 4 is 5.97 Å². The van der Waals surface area contributed by atoms with Crippen LogP contribution in [0.4, 0.5) is 0 Å². The maximum atomic E-state index is 12.0. The van der Waals surface area contributed by atoms with Crippen molar-refractivity contribution in [1.29, 1.82) is 0 Å². The molecule has 104 valence electrons. The van der Waals surface area contributed by atoms with Crippen LogP contribution >= 0.6 is 0 Å². The van der Waals surface area contributed by atoms with Crippen LogP contribution in [0, 0.1) is 13.8 Å². The largest absolute Gasteiger partial charge is 0.494 e. The van der Waals surface area contributed by atoms with Crippen LogP contribution in [0.5, 0.6) is 11.5 Å². The van der Waals surface area contributed by atoms with Crippen LogP contribution in [0.3, 0.4) is 0 Å². The smallest absolute Gasteiger partial charge is 0.343 e. The second kappa shape index (κ2) is 6.24. The summed E-state index contributed by atoms with van der Waals surface area (Å²) < 4.78 is 10.7. The maximum Gasteiger partial charge on any atom is 0.343 e. The molecule has 2 aromatic carbocycles. The Balaban J connectivity index is 2.11. The molecular formula is C17H18O3. The molecule has 0 bridgehead atoms. The Morgan fingerprint density at radius 2 is 1.55 bits per heavy atom. The highest BCUT2D eigenvalue weighted by Gasteiger charge is 2.09. The van der Waals surface area contributed by atoms with Gasteiger partial charge in [0.25, 0.3) is 0 Å². The molecule has 20 heavy (non-hydrogen) atoms. The number of ether oxygens (including phenoxy) is 2. The van der Waals surface area contributed by atoms with E-state index in [-0.39, 0.29) is 5.97 Å². The Bertz CT molecular complexity index is 580. The highest BCUT2D eigenvalue weighted by molar-refractivity contribution is 5.91. The highest BCUT2D eigenvalue weighted by atomic mass is 16.5. The molecule has 0 fully saturated rings. The first-order chi connectivity index (χ1) is 9.58. The second-order valence-corrected chi connectivity index (χ2v) is 4.67. The number of carbonyl (C=O) groups is 1. The number of hydrogen-bond acceptors (Lipinski definition) is 3. The van der Waals surface area contributed by atoms with E-state index in [0.29, 0.717) is 17.9 Å². The van der Waals surface area contributed by atoms with Crippen LogP contribution in [-0.2, 0) is 0 Å². The van der Waals surface area contributed by atoms with E-state index >= 15 is 0 Å². The third-order valence-electron chi connectivity index (χ3n) is 2.81. The molecule has 0 aliphatic rings. The van der Waals surface area contributed by atoms with E-state index in [2.05, 4.69) is 0 Å². The van der Waals surface area contributed by atoms with Gasteiger partial charge in [-0.3, -0.25) is 0 Å². The van der Waals surface area contributed by atoms with Crippen molar-refractivity contribution in [2.45, 2.75) is 20.8 Å². The summed E-state index contributed by atoms with van der Waals surface area (Å²) in [7, 11) is 0. The molecule has 2 aromatic rings. The van der Waals surface area contributed by atoms with Gasteiger partial charge in [-0.05, 0) is 68.3 Å². The maximum absolute atomic E-state index is 12.0. The van der Waals surface area contributed by atoms with Crippen molar-refractivity contribution in [1.82, 2.24) is 0 Å². The van der Waals surface area contributed by atoms with E-state index in [9.17, 15) is 4.79 Å². The molecule has 3 heteroatoms. The van der Waals surface area contributed by atoms with Gasteiger partial charge in [-0.1, -0.05) is 6.07 Å². The van der Waals surface area contributed by atoms with Gasteiger partial charge in [0.1, 0.15) is 11.5 Å². The van der Waals surface area contributed by atoms with Crippen molar-refractivity contribution in [2.75, 3.05) is 6.61 Å². The molecule has 2 rings (SSSR count). The van der Waals surface area contributed by atoms with Gasteiger partial charge in [-0.2, -0.15) is 0 Å². The minimum atomic E-state index is -0.363. The lowest BCUT2D eigenvalue weighted by atomic mass is 10.1. The molecule has 0 saturated carbocycles. The first kappa shape index (κ1) is 14.1. The molecule has 0 spiro atoms. The molecule has 0 heterocycles. The minimum Gasteiger partial charge on any atom is -0.494 e. The Kier molecular flexibility index (Phi) is 4.41. The van der Waals surface area contributed by atoms with Crippen molar-refractivity contribution < 1.29 is 14.3 Å². The average molecular weight is 270 g/mol. The van der Waals surface area contributed by atoms with Gasteiger partial charge in [-0.25, -0.2) is 4.79 Å². The SMILES string of the molecule is CCOc1ccc(C(=O)Oc2cc(C)cc(C)c2)cc1. The Morgan fingerprint density at radius 1 is 0.950 bits per heavy atom. The second-order valence-electron chi connectivity index (χ2n) is 4.67. The molecule has 3 nitrogen and oxygen atoms in total. The highest BCUT2D eigenvalue weighted by Crippen LogP contribution is 2.19. The molecule has 0 aliphatic carbocycles. The summed E-state index contributed by atoms with van der Waals surface area (Å²) in [6.07, 6.45) is 0. The molecule has 0 amide bonds. The van der Waals surface area contributed by atoms with Crippen LogP contribution < -0.4 is 9.47 Å². The number of benzene rings is 2. The molecule has 0 saturated heterocycles. The fourth-order valence-corrected chi connectivity index (χ4v) is 2.01. The van der Waals surface area contributed by atoms with Gasteiger partial charge in [0.15, 0.2) is 0 Å². The van der Waals surface area contributed by atoms with Crippen LogP contribution in [0.25, 0.3) is 0 Å². The summed E-state index contributed by atoms with van der Waals surface area (Å²) in [5, 5.41) is 0. The van der Waals surface area contributed by atoms with E-state index in [0.717, 1.165) is 16.9 Å². The van der Waals surface area contributed by atoms with E-state index in [1.54, 1.807) is 24.3 Å². The normalized spacial score (nSPS) is 10.2.